The van der Waals surface area contributed by atoms with E-state index in [-0.39, 0.29) is 5.75 Å². The van der Waals surface area contributed by atoms with Gasteiger partial charge in [0.15, 0.2) is 11.5 Å². The maximum atomic E-state index is 9.66. The van der Waals surface area contributed by atoms with Crippen LogP contribution in [0.1, 0.15) is 65.4 Å². The van der Waals surface area contributed by atoms with E-state index in [4.69, 9.17) is 4.74 Å². The van der Waals surface area contributed by atoms with Crippen LogP contribution in [0.25, 0.3) is 0 Å². The molecule has 2 N–H and O–H groups in total. The summed E-state index contributed by atoms with van der Waals surface area (Å²) >= 11 is 0. The highest BCUT2D eigenvalue weighted by Crippen LogP contribution is 2.27. The third kappa shape index (κ3) is 7.17. The number of methoxy groups -OCH3 is 1. The molecule has 22 heavy (non-hydrogen) atoms. The Hall–Kier alpha value is -1.22. The van der Waals surface area contributed by atoms with Crippen molar-refractivity contribution in [3.63, 3.8) is 0 Å². The van der Waals surface area contributed by atoms with Gasteiger partial charge in [0.2, 0.25) is 0 Å². The Balaban J connectivity index is 2.61. The van der Waals surface area contributed by atoms with Gasteiger partial charge in [-0.3, -0.25) is 0 Å². The minimum atomic E-state index is 0.195. The number of hydrogen-bond acceptors (Lipinski definition) is 3. The smallest absolute Gasteiger partial charge is 0.160 e. The Bertz CT molecular complexity index is 438. The maximum absolute atomic E-state index is 9.66. The van der Waals surface area contributed by atoms with E-state index in [1.807, 2.05) is 12.1 Å². The third-order valence-corrected chi connectivity index (χ3v) is 3.85. The molecular weight excluding hydrogens is 274 g/mol. The number of nitrogens with one attached hydrogen (secondary N) is 1. The third-order valence-electron chi connectivity index (χ3n) is 3.85. The number of aromatic hydroxyl groups is 1. The molecule has 3 heteroatoms. The highest BCUT2D eigenvalue weighted by molar-refractivity contribution is 5.41. The van der Waals surface area contributed by atoms with Gasteiger partial charge in [0.1, 0.15) is 0 Å². The summed E-state index contributed by atoms with van der Waals surface area (Å²) in [6.07, 6.45) is 6.24. The molecule has 0 aliphatic rings. The second-order valence-corrected chi connectivity index (χ2v) is 7.34. The fourth-order valence-corrected chi connectivity index (χ4v) is 2.75. The van der Waals surface area contributed by atoms with Gasteiger partial charge in [-0.15, -0.1) is 0 Å². The van der Waals surface area contributed by atoms with E-state index in [2.05, 4.69) is 33.0 Å². The molecule has 1 rings (SSSR count). The van der Waals surface area contributed by atoms with Crippen LogP contribution in [0.3, 0.4) is 0 Å². The van der Waals surface area contributed by atoms with Gasteiger partial charge in [0.25, 0.3) is 0 Å². The number of phenols is 1. The van der Waals surface area contributed by atoms with Gasteiger partial charge in [-0.25, -0.2) is 0 Å². The van der Waals surface area contributed by atoms with Crippen LogP contribution < -0.4 is 10.1 Å². The first kappa shape index (κ1) is 18.8. The van der Waals surface area contributed by atoms with Crippen LogP contribution in [0.4, 0.5) is 0 Å². The highest BCUT2D eigenvalue weighted by Gasteiger charge is 2.18. The second-order valence-electron chi connectivity index (χ2n) is 7.34. The average molecular weight is 307 g/mol. The Morgan fingerprint density at radius 3 is 2.55 bits per heavy atom. The van der Waals surface area contributed by atoms with Crippen LogP contribution in [0.5, 0.6) is 11.5 Å². The molecule has 1 aromatic carbocycles. The highest BCUT2D eigenvalue weighted by atomic mass is 16.5. The lowest BCUT2D eigenvalue weighted by atomic mass is 9.86. The molecule has 0 saturated carbocycles. The van der Waals surface area contributed by atoms with Gasteiger partial charge < -0.3 is 15.2 Å². The quantitative estimate of drug-likeness (QED) is 0.639. The first-order chi connectivity index (χ1) is 10.4. The fraction of sp³-hybridized carbons (Fsp3) is 0.684. The molecule has 1 atom stereocenters. The predicted octanol–water partition coefficient (Wildman–Crippen LogP) is 4.88. The molecule has 0 aromatic heterocycles. The van der Waals surface area contributed by atoms with Crippen LogP contribution in [-0.2, 0) is 6.54 Å². The summed E-state index contributed by atoms with van der Waals surface area (Å²) in [6, 6.07) is 6.09. The Morgan fingerprint density at radius 2 is 1.95 bits per heavy atom. The summed E-state index contributed by atoms with van der Waals surface area (Å²) < 4.78 is 5.17. The zero-order valence-corrected chi connectivity index (χ0v) is 14.9. The molecule has 0 heterocycles. The lowest BCUT2D eigenvalue weighted by molar-refractivity contribution is 0.292. The first-order valence-corrected chi connectivity index (χ1v) is 8.45. The van der Waals surface area contributed by atoms with E-state index in [9.17, 15) is 5.11 Å². The Morgan fingerprint density at radius 1 is 1.23 bits per heavy atom. The van der Waals surface area contributed by atoms with E-state index in [1.165, 1.54) is 32.1 Å². The average Bonchev–Trinajstić information content (AvgIpc) is 2.44. The van der Waals surface area contributed by atoms with Crippen molar-refractivity contribution < 1.29 is 9.84 Å². The summed E-state index contributed by atoms with van der Waals surface area (Å²) in [7, 11) is 1.58. The van der Waals surface area contributed by atoms with Crippen molar-refractivity contribution in [2.24, 2.45) is 5.41 Å². The predicted molar refractivity (Wildman–Crippen MR) is 93.5 cm³/mol. The maximum Gasteiger partial charge on any atom is 0.160 e. The van der Waals surface area contributed by atoms with Gasteiger partial charge in [-0.05, 0) is 36.0 Å². The van der Waals surface area contributed by atoms with E-state index >= 15 is 0 Å². The molecule has 0 radical (unpaired) electrons. The molecule has 1 aromatic rings. The molecule has 0 aliphatic heterocycles. The van der Waals surface area contributed by atoms with Gasteiger partial charge >= 0.3 is 0 Å². The van der Waals surface area contributed by atoms with Crippen molar-refractivity contribution in [2.45, 2.75) is 72.4 Å². The first-order valence-electron chi connectivity index (χ1n) is 8.45. The minimum absolute atomic E-state index is 0.195. The number of rotatable bonds is 9. The summed E-state index contributed by atoms with van der Waals surface area (Å²) in [5.41, 5.74) is 1.47. The van der Waals surface area contributed by atoms with Crippen molar-refractivity contribution in [3.8, 4) is 11.5 Å². The molecule has 0 aliphatic carbocycles. The number of unbranched alkanes of at least 4 members (excludes halogenated alkanes) is 2. The van der Waals surface area contributed by atoms with E-state index in [1.54, 1.807) is 13.2 Å². The van der Waals surface area contributed by atoms with Crippen molar-refractivity contribution in [1.29, 1.82) is 0 Å². The van der Waals surface area contributed by atoms with Crippen molar-refractivity contribution in [3.05, 3.63) is 23.8 Å². The van der Waals surface area contributed by atoms with Crippen LogP contribution >= 0.6 is 0 Å². The zero-order chi connectivity index (χ0) is 16.6. The second kappa shape index (κ2) is 9.04. The number of phenolic OH excluding ortho intramolecular Hbond substituents is 1. The van der Waals surface area contributed by atoms with E-state index < -0.39 is 0 Å². The minimum Gasteiger partial charge on any atom is -0.504 e. The molecule has 0 spiro atoms. The number of benzene rings is 1. The molecule has 3 nitrogen and oxygen atoms in total. The molecular formula is C19H33NO2. The summed E-state index contributed by atoms with van der Waals surface area (Å²) in [5.74, 6) is 0.734. The SMILES string of the molecule is CCCCCC(CC(C)(C)C)NCc1ccc(O)c(OC)c1. The summed E-state index contributed by atoms with van der Waals surface area (Å²) in [6.45, 7) is 9.94. The molecule has 0 amide bonds. The normalized spacial score (nSPS) is 13.1. The van der Waals surface area contributed by atoms with Gasteiger partial charge in [0.05, 0.1) is 7.11 Å². The van der Waals surface area contributed by atoms with Crippen LogP contribution in [0.15, 0.2) is 18.2 Å². The van der Waals surface area contributed by atoms with Crippen molar-refractivity contribution in [1.82, 2.24) is 5.32 Å². The van der Waals surface area contributed by atoms with E-state index in [0.717, 1.165) is 12.1 Å². The topological polar surface area (TPSA) is 41.5 Å². The largest absolute Gasteiger partial charge is 0.504 e. The Labute approximate surface area is 136 Å². The van der Waals surface area contributed by atoms with Gasteiger partial charge in [-0.2, -0.15) is 0 Å². The molecule has 0 fully saturated rings. The lowest BCUT2D eigenvalue weighted by Crippen LogP contribution is -2.32. The van der Waals surface area contributed by atoms with Crippen LogP contribution in [0, 0.1) is 5.41 Å². The summed E-state index contributed by atoms with van der Waals surface area (Å²) in [5, 5.41) is 13.3. The van der Waals surface area contributed by atoms with Gasteiger partial charge in [0, 0.05) is 12.6 Å². The zero-order valence-electron chi connectivity index (χ0n) is 14.9. The standard InChI is InChI=1S/C19H33NO2/c1-6-7-8-9-16(13-19(2,3)4)20-14-15-10-11-17(21)18(12-15)22-5/h10-12,16,20-21H,6-9,13-14H2,1-5H3. The lowest BCUT2D eigenvalue weighted by Gasteiger charge is -2.27. The van der Waals surface area contributed by atoms with Crippen LogP contribution in [0.2, 0.25) is 0 Å². The molecule has 0 bridgehead atoms. The molecule has 0 saturated heterocycles. The number of ether oxygens (including phenoxy) is 1. The molecule has 1 unspecified atom stereocenters. The summed E-state index contributed by atoms with van der Waals surface area (Å²) in [4.78, 5) is 0. The monoisotopic (exact) mass is 307 g/mol. The fourth-order valence-electron chi connectivity index (χ4n) is 2.75. The van der Waals surface area contributed by atoms with Crippen molar-refractivity contribution in [2.75, 3.05) is 7.11 Å². The van der Waals surface area contributed by atoms with Crippen molar-refractivity contribution >= 4 is 0 Å². The van der Waals surface area contributed by atoms with E-state index in [0.29, 0.717) is 17.2 Å². The number of hydrogen-bond donors (Lipinski definition) is 2. The van der Waals surface area contributed by atoms with Gasteiger partial charge in [-0.1, -0.05) is 53.0 Å². The molecule has 126 valence electrons. The Kier molecular flexibility index (Phi) is 7.74. The van der Waals surface area contributed by atoms with Crippen LogP contribution in [-0.4, -0.2) is 18.3 Å².